The van der Waals surface area contributed by atoms with Crippen molar-refractivity contribution in [2.24, 2.45) is 5.41 Å². The van der Waals surface area contributed by atoms with E-state index in [0.29, 0.717) is 5.41 Å². The average molecular weight is 267 g/mol. The maximum atomic E-state index is 3.47. The monoisotopic (exact) mass is 267 g/mol. The number of hydrogen-bond acceptors (Lipinski definition) is 3. The summed E-state index contributed by atoms with van der Waals surface area (Å²) in [4.78, 5) is 5.15. The minimum absolute atomic E-state index is 0.557. The van der Waals surface area contributed by atoms with E-state index in [9.17, 15) is 0 Å². The number of likely N-dealkylation sites (tertiary alicyclic amines) is 1. The normalized spacial score (nSPS) is 28.1. The summed E-state index contributed by atoms with van der Waals surface area (Å²) in [5, 5.41) is 3.47. The Morgan fingerprint density at radius 3 is 2.53 bits per heavy atom. The molecule has 0 radical (unpaired) electrons. The molecular formula is C16H33N3. The molecule has 3 heteroatoms. The van der Waals surface area contributed by atoms with Crippen molar-refractivity contribution in [3.05, 3.63) is 0 Å². The molecule has 0 bridgehead atoms. The van der Waals surface area contributed by atoms with Gasteiger partial charge in [0.2, 0.25) is 0 Å². The quantitative estimate of drug-likeness (QED) is 0.796. The molecule has 112 valence electrons. The smallest absolute Gasteiger partial charge is 0.0223 e. The Morgan fingerprint density at radius 1 is 1.16 bits per heavy atom. The standard InChI is InChI=1S/C16H33N3/c1-17-13-16(9-5-4-6-10-16)14-19-11-7-8-15(19)12-18(2)3/h15,17H,4-14H2,1-3H3. The lowest BCUT2D eigenvalue weighted by molar-refractivity contribution is 0.0882. The summed E-state index contributed by atoms with van der Waals surface area (Å²) >= 11 is 0. The van der Waals surface area contributed by atoms with Crippen LogP contribution in [0.15, 0.2) is 0 Å². The van der Waals surface area contributed by atoms with Crippen LogP contribution in [0, 0.1) is 5.41 Å². The highest BCUT2D eigenvalue weighted by atomic mass is 15.2. The predicted octanol–water partition coefficient (Wildman–Crippen LogP) is 2.18. The Hall–Kier alpha value is -0.120. The van der Waals surface area contributed by atoms with Crippen molar-refractivity contribution < 1.29 is 0 Å². The molecule has 2 aliphatic rings. The third kappa shape index (κ3) is 4.17. The fourth-order valence-corrected chi connectivity index (χ4v) is 4.23. The molecule has 1 unspecified atom stereocenters. The third-order valence-corrected chi connectivity index (χ3v) is 5.08. The van der Waals surface area contributed by atoms with Crippen molar-refractivity contribution in [3.63, 3.8) is 0 Å². The molecule has 0 aromatic heterocycles. The van der Waals surface area contributed by atoms with Crippen molar-refractivity contribution >= 4 is 0 Å². The molecule has 1 aliphatic heterocycles. The molecule has 0 aromatic carbocycles. The van der Waals surface area contributed by atoms with Crippen LogP contribution in [0.4, 0.5) is 0 Å². The van der Waals surface area contributed by atoms with Crippen LogP contribution < -0.4 is 5.32 Å². The molecule has 19 heavy (non-hydrogen) atoms. The minimum Gasteiger partial charge on any atom is -0.319 e. The van der Waals surface area contributed by atoms with Crippen LogP contribution in [0.25, 0.3) is 0 Å². The summed E-state index contributed by atoms with van der Waals surface area (Å²) in [6, 6.07) is 0.797. The molecule has 1 heterocycles. The van der Waals surface area contributed by atoms with Crippen LogP contribution in [0.5, 0.6) is 0 Å². The number of nitrogens with one attached hydrogen (secondary N) is 1. The zero-order valence-corrected chi connectivity index (χ0v) is 13.2. The van der Waals surface area contributed by atoms with Crippen LogP contribution in [0.1, 0.15) is 44.9 Å². The first kappa shape index (κ1) is 15.3. The van der Waals surface area contributed by atoms with Gasteiger partial charge in [-0.1, -0.05) is 19.3 Å². The van der Waals surface area contributed by atoms with Gasteiger partial charge in [-0.25, -0.2) is 0 Å². The number of nitrogens with zero attached hydrogens (tertiary/aromatic N) is 2. The van der Waals surface area contributed by atoms with Crippen molar-refractivity contribution in [3.8, 4) is 0 Å². The average Bonchev–Trinajstić information content (AvgIpc) is 2.77. The highest BCUT2D eigenvalue weighted by molar-refractivity contribution is 4.91. The van der Waals surface area contributed by atoms with Gasteiger partial charge >= 0.3 is 0 Å². The van der Waals surface area contributed by atoms with Gasteiger partial charge in [0.1, 0.15) is 0 Å². The second-order valence-corrected chi connectivity index (χ2v) is 7.12. The molecule has 2 fully saturated rings. The minimum atomic E-state index is 0.557. The van der Waals surface area contributed by atoms with Gasteiger partial charge in [0, 0.05) is 25.7 Å². The Bertz CT molecular complexity index is 253. The van der Waals surface area contributed by atoms with Crippen LogP contribution in [0.3, 0.4) is 0 Å². The zero-order valence-electron chi connectivity index (χ0n) is 13.2. The van der Waals surface area contributed by atoms with Gasteiger partial charge in [0.05, 0.1) is 0 Å². The Balaban J connectivity index is 1.95. The van der Waals surface area contributed by atoms with Gasteiger partial charge in [-0.2, -0.15) is 0 Å². The van der Waals surface area contributed by atoms with E-state index in [1.807, 2.05) is 0 Å². The van der Waals surface area contributed by atoms with E-state index in [4.69, 9.17) is 0 Å². The van der Waals surface area contributed by atoms with Crippen LogP contribution in [-0.4, -0.2) is 63.2 Å². The molecule has 2 rings (SSSR count). The van der Waals surface area contributed by atoms with Crippen molar-refractivity contribution in [2.75, 3.05) is 47.3 Å². The van der Waals surface area contributed by atoms with Gasteiger partial charge in [-0.15, -0.1) is 0 Å². The van der Waals surface area contributed by atoms with Gasteiger partial charge in [0.15, 0.2) is 0 Å². The molecule has 1 saturated carbocycles. The number of likely N-dealkylation sites (N-methyl/N-ethyl adjacent to an activating group) is 1. The van der Waals surface area contributed by atoms with Crippen LogP contribution >= 0.6 is 0 Å². The molecule has 0 spiro atoms. The summed E-state index contributed by atoms with van der Waals surface area (Å²) in [6.07, 6.45) is 9.98. The SMILES string of the molecule is CNCC1(CN2CCCC2CN(C)C)CCCCC1. The second kappa shape index (κ2) is 7.05. The van der Waals surface area contributed by atoms with Gasteiger partial charge in [-0.05, 0) is 58.8 Å². The third-order valence-electron chi connectivity index (χ3n) is 5.08. The van der Waals surface area contributed by atoms with E-state index in [0.717, 1.165) is 6.04 Å². The van der Waals surface area contributed by atoms with Gasteiger partial charge in [-0.3, -0.25) is 4.90 Å². The lowest BCUT2D eigenvalue weighted by atomic mass is 9.73. The molecule has 1 saturated heterocycles. The predicted molar refractivity (Wildman–Crippen MR) is 82.6 cm³/mol. The lowest BCUT2D eigenvalue weighted by Gasteiger charge is -2.42. The molecule has 1 atom stereocenters. The largest absolute Gasteiger partial charge is 0.319 e. The van der Waals surface area contributed by atoms with E-state index < -0.39 is 0 Å². The number of hydrogen-bond donors (Lipinski definition) is 1. The van der Waals surface area contributed by atoms with E-state index >= 15 is 0 Å². The van der Waals surface area contributed by atoms with E-state index in [1.54, 1.807) is 0 Å². The molecule has 1 N–H and O–H groups in total. The summed E-state index contributed by atoms with van der Waals surface area (Å²) in [5.74, 6) is 0. The Labute approximate surface area is 119 Å². The zero-order chi connectivity index (χ0) is 13.7. The highest BCUT2D eigenvalue weighted by Crippen LogP contribution is 2.38. The highest BCUT2D eigenvalue weighted by Gasteiger charge is 2.36. The van der Waals surface area contributed by atoms with Crippen molar-refractivity contribution in [2.45, 2.75) is 51.0 Å². The fourth-order valence-electron chi connectivity index (χ4n) is 4.23. The fraction of sp³-hybridized carbons (Fsp3) is 1.00. The molecule has 1 aliphatic carbocycles. The first-order valence-corrected chi connectivity index (χ1v) is 8.19. The van der Waals surface area contributed by atoms with E-state index in [-0.39, 0.29) is 0 Å². The summed E-state index contributed by atoms with van der Waals surface area (Å²) in [6.45, 7) is 5.09. The van der Waals surface area contributed by atoms with Crippen molar-refractivity contribution in [1.82, 2.24) is 15.1 Å². The Morgan fingerprint density at radius 2 is 1.89 bits per heavy atom. The summed E-state index contributed by atoms with van der Waals surface area (Å²) in [7, 11) is 6.54. The first-order valence-electron chi connectivity index (χ1n) is 8.19. The van der Waals surface area contributed by atoms with E-state index in [1.165, 1.54) is 71.1 Å². The maximum Gasteiger partial charge on any atom is 0.0223 e. The topological polar surface area (TPSA) is 18.5 Å². The summed E-state index contributed by atoms with van der Waals surface area (Å²) in [5.41, 5.74) is 0.557. The first-order chi connectivity index (χ1) is 9.15. The van der Waals surface area contributed by atoms with E-state index in [2.05, 4.69) is 36.3 Å². The molecule has 0 aromatic rings. The Kier molecular flexibility index (Phi) is 5.67. The van der Waals surface area contributed by atoms with Crippen LogP contribution in [0.2, 0.25) is 0 Å². The maximum absolute atomic E-state index is 3.47. The number of rotatable bonds is 6. The molecular weight excluding hydrogens is 234 g/mol. The lowest BCUT2D eigenvalue weighted by Crippen LogP contribution is -2.48. The van der Waals surface area contributed by atoms with Gasteiger partial charge in [0.25, 0.3) is 0 Å². The summed E-state index contributed by atoms with van der Waals surface area (Å²) < 4.78 is 0. The van der Waals surface area contributed by atoms with Gasteiger partial charge < -0.3 is 10.2 Å². The van der Waals surface area contributed by atoms with Crippen molar-refractivity contribution in [1.29, 1.82) is 0 Å². The molecule has 3 nitrogen and oxygen atoms in total. The molecule has 0 amide bonds. The second-order valence-electron chi connectivity index (χ2n) is 7.12. The van der Waals surface area contributed by atoms with Crippen LogP contribution in [-0.2, 0) is 0 Å².